The zero-order valence-corrected chi connectivity index (χ0v) is 8.57. The summed E-state index contributed by atoms with van der Waals surface area (Å²) in [6.07, 6.45) is 0.498. The molecule has 1 heterocycles. The second-order valence-electron chi connectivity index (χ2n) is 3.93. The molecule has 2 atom stereocenters. The van der Waals surface area contributed by atoms with Gasteiger partial charge in [0.15, 0.2) is 5.78 Å². The van der Waals surface area contributed by atoms with Crippen LogP contribution in [-0.2, 0) is 4.74 Å². The third kappa shape index (κ3) is 2.07. The van der Waals surface area contributed by atoms with E-state index in [1.54, 1.807) is 12.1 Å². The predicted octanol–water partition coefficient (Wildman–Crippen LogP) is 2.43. The molecule has 80 valence electrons. The summed E-state index contributed by atoms with van der Waals surface area (Å²) in [6.45, 7) is 2.60. The first-order valence-corrected chi connectivity index (χ1v) is 5.10. The van der Waals surface area contributed by atoms with Crippen molar-refractivity contribution in [2.24, 2.45) is 5.92 Å². The Bertz CT molecular complexity index is 376. The summed E-state index contributed by atoms with van der Waals surface area (Å²) in [4.78, 5) is 11.9. The molecule has 15 heavy (non-hydrogen) atoms. The highest BCUT2D eigenvalue weighted by molar-refractivity contribution is 5.99. The van der Waals surface area contributed by atoms with Crippen molar-refractivity contribution in [2.45, 2.75) is 19.4 Å². The Morgan fingerprint density at radius 1 is 1.53 bits per heavy atom. The van der Waals surface area contributed by atoms with E-state index in [-0.39, 0.29) is 17.5 Å². The van der Waals surface area contributed by atoms with Crippen LogP contribution in [0.1, 0.15) is 23.7 Å². The van der Waals surface area contributed by atoms with E-state index in [4.69, 9.17) is 4.74 Å². The normalized spacial score (nSPS) is 25.5. The quantitative estimate of drug-likeness (QED) is 0.698. The minimum atomic E-state index is -0.396. The third-order valence-electron chi connectivity index (χ3n) is 2.75. The largest absolute Gasteiger partial charge is 0.370 e. The zero-order chi connectivity index (χ0) is 10.8. The van der Waals surface area contributed by atoms with Gasteiger partial charge in [0.1, 0.15) is 11.9 Å². The highest BCUT2D eigenvalue weighted by Gasteiger charge is 2.31. The van der Waals surface area contributed by atoms with Crippen LogP contribution >= 0.6 is 0 Å². The van der Waals surface area contributed by atoms with Crippen LogP contribution in [-0.4, -0.2) is 18.5 Å². The fraction of sp³-hybridized carbons (Fsp3) is 0.417. The summed E-state index contributed by atoms with van der Waals surface area (Å²) in [5.41, 5.74) is 0.397. The summed E-state index contributed by atoms with van der Waals surface area (Å²) >= 11 is 0. The van der Waals surface area contributed by atoms with Crippen molar-refractivity contribution in [3.63, 3.8) is 0 Å². The first-order chi connectivity index (χ1) is 7.18. The second kappa shape index (κ2) is 4.11. The summed E-state index contributed by atoms with van der Waals surface area (Å²) in [5, 5.41) is 0. The number of carbonyl (C=O) groups excluding carboxylic acids is 1. The molecule has 2 nitrogen and oxygen atoms in total. The average Bonchev–Trinajstić information content (AvgIpc) is 2.63. The second-order valence-corrected chi connectivity index (χ2v) is 3.93. The molecule has 2 rings (SSSR count). The molecule has 3 heteroatoms. The Balaban J connectivity index is 2.20. The Morgan fingerprint density at radius 3 is 2.93 bits per heavy atom. The van der Waals surface area contributed by atoms with E-state index < -0.39 is 6.10 Å². The maximum absolute atomic E-state index is 12.9. The van der Waals surface area contributed by atoms with Crippen molar-refractivity contribution in [1.82, 2.24) is 0 Å². The maximum atomic E-state index is 12.9. The lowest BCUT2D eigenvalue weighted by molar-refractivity contribution is 0.0579. The van der Waals surface area contributed by atoms with Gasteiger partial charge < -0.3 is 4.74 Å². The summed E-state index contributed by atoms with van der Waals surface area (Å²) in [7, 11) is 0. The number of hydrogen-bond donors (Lipinski definition) is 0. The van der Waals surface area contributed by atoms with E-state index in [0.717, 1.165) is 6.42 Å². The number of benzene rings is 1. The monoisotopic (exact) mass is 208 g/mol. The van der Waals surface area contributed by atoms with Gasteiger partial charge in [0.2, 0.25) is 0 Å². The lowest BCUT2D eigenvalue weighted by atomic mass is 9.96. The molecule has 0 aromatic heterocycles. The minimum Gasteiger partial charge on any atom is -0.370 e. The Labute approximate surface area is 88.1 Å². The maximum Gasteiger partial charge on any atom is 0.191 e. The Morgan fingerprint density at radius 2 is 2.33 bits per heavy atom. The van der Waals surface area contributed by atoms with Crippen molar-refractivity contribution in [1.29, 1.82) is 0 Å². The van der Waals surface area contributed by atoms with Crippen molar-refractivity contribution in [3.8, 4) is 0 Å². The smallest absolute Gasteiger partial charge is 0.191 e. The molecule has 0 bridgehead atoms. The van der Waals surface area contributed by atoms with Crippen LogP contribution in [0.3, 0.4) is 0 Å². The number of ketones is 1. The molecule has 1 fully saturated rings. The van der Waals surface area contributed by atoms with Gasteiger partial charge in [-0.25, -0.2) is 4.39 Å². The van der Waals surface area contributed by atoms with Gasteiger partial charge in [-0.05, 0) is 24.5 Å². The Kier molecular flexibility index (Phi) is 2.82. The van der Waals surface area contributed by atoms with Gasteiger partial charge in [0, 0.05) is 12.2 Å². The molecule has 1 aliphatic rings. The summed E-state index contributed by atoms with van der Waals surface area (Å²) in [6, 6.07) is 5.76. The molecule has 1 aromatic rings. The lowest BCUT2D eigenvalue weighted by Crippen LogP contribution is -2.25. The van der Waals surface area contributed by atoms with E-state index in [1.165, 1.54) is 12.1 Å². The molecule has 1 aliphatic heterocycles. The molecular weight excluding hydrogens is 195 g/mol. The molecule has 0 spiro atoms. The average molecular weight is 208 g/mol. The molecule has 1 saturated heterocycles. The van der Waals surface area contributed by atoms with E-state index in [1.807, 2.05) is 6.92 Å². The summed E-state index contributed by atoms with van der Waals surface area (Å²) < 4.78 is 18.3. The lowest BCUT2D eigenvalue weighted by Gasteiger charge is -2.12. The van der Waals surface area contributed by atoms with Crippen molar-refractivity contribution in [2.75, 3.05) is 6.61 Å². The predicted molar refractivity (Wildman–Crippen MR) is 54.3 cm³/mol. The highest BCUT2D eigenvalue weighted by Crippen LogP contribution is 2.23. The molecule has 2 unspecified atom stereocenters. The van der Waals surface area contributed by atoms with Crippen LogP contribution in [0.15, 0.2) is 24.3 Å². The minimum absolute atomic E-state index is 0.112. The van der Waals surface area contributed by atoms with Gasteiger partial charge >= 0.3 is 0 Å². The fourth-order valence-electron chi connectivity index (χ4n) is 1.84. The number of halogens is 1. The van der Waals surface area contributed by atoms with Crippen LogP contribution in [0.4, 0.5) is 4.39 Å². The fourth-order valence-corrected chi connectivity index (χ4v) is 1.84. The molecule has 0 aliphatic carbocycles. The van der Waals surface area contributed by atoms with E-state index >= 15 is 0 Å². The van der Waals surface area contributed by atoms with Gasteiger partial charge in [-0.2, -0.15) is 0 Å². The third-order valence-corrected chi connectivity index (χ3v) is 2.75. The van der Waals surface area contributed by atoms with Crippen LogP contribution in [0.25, 0.3) is 0 Å². The van der Waals surface area contributed by atoms with Crippen LogP contribution < -0.4 is 0 Å². The molecule has 0 radical (unpaired) electrons. The first-order valence-electron chi connectivity index (χ1n) is 5.10. The Hall–Kier alpha value is -1.22. The molecule has 0 amide bonds. The number of Topliss-reactive ketones (excluding diaryl/α,β-unsaturated/α-hetero) is 1. The SMILES string of the molecule is CC1CCOC1C(=O)c1cccc(F)c1. The highest BCUT2D eigenvalue weighted by atomic mass is 19.1. The van der Waals surface area contributed by atoms with Gasteiger partial charge in [-0.1, -0.05) is 19.1 Å². The molecule has 0 saturated carbocycles. The van der Waals surface area contributed by atoms with Crippen molar-refractivity contribution >= 4 is 5.78 Å². The number of rotatable bonds is 2. The van der Waals surface area contributed by atoms with Crippen LogP contribution in [0.5, 0.6) is 0 Å². The first kappa shape index (κ1) is 10.3. The van der Waals surface area contributed by atoms with Crippen LogP contribution in [0, 0.1) is 11.7 Å². The van der Waals surface area contributed by atoms with E-state index in [2.05, 4.69) is 0 Å². The summed E-state index contributed by atoms with van der Waals surface area (Å²) in [5.74, 6) is -0.272. The van der Waals surface area contributed by atoms with Gasteiger partial charge in [0.05, 0.1) is 0 Å². The van der Waals surface area contributed by atoms with E-state index in [9.17, 15) is 9.18 Å². The van der Waals surface area contributed by atoms with Crippen molar-refractivity contribution in [3.05, 3.63) is 35.6 Å². The van der Waals surface area contributed by atoms with Crippen LogP contribution in [0.2, 0.25) is 0 Å². The van der Waals surface area contributed by atoms with E-state index in [0.29, 0.717) is 12.2 Å². The molecular formula is C12H13FO2. The standard InChI is InChI=1S/C12H13FO2/c1-8-5-6-15-12(8)11(14)9-3-2-4-10(13)7-9/h2-4,7-8,12H,5-6H2,1H3. The van der Waals surface area contributed by atoms with Gasteiger partial charge in [0.25, 0.3) is 0 Å². The van der Waals surface area contributed by atoms with Crippen molar-refractivity contribution < 1.29 is 13.9 Å². The number of hydrogen-bond acceptors (Lipinski definition) is 2. The number of carbonyl (C=O) groups is 1. The zero-order valence-electron chi connectivity index (χ0n) is 8.57. The number of ether oxygens (including phenoxy) is 1. The molecule has 0 N–H and O–H groups in total. The topological polar surface area (TPSA) is 26.3 Å². The van der Waals surface area contributed by atoms with Gasteiger partial charge in [-0.3, -0.25) is 4.79 Å². The van der Waals surface area contributed by atoms with Gasteiger partial charge in [-0.15, -0.1) is 0 Å². The molecule has 1 aromatic carbocycles.